The van der Waals surface area contributed by atoms with Crippen LogP contribution >= 0.6 is 12.4 Å². The molecule has 0 saturated heterocycles. The van der Waals surface area contributed by atoms with E-state index in [4.69, 9.17) is 0 Å². The number of carbonyl (C=O) groups is 1. The molecule has 0 spiro atoms. The smallest absolute Gasteiger partial charge is 0.220 e. The lowest BCUT2D eigenvalue weighted by Gasteiger charge is -2.07. The van der Waals surface area contributed by atoms with Crippen LogP contribution in [0.2, 0.25) is 0 Å². The van der Waals surface area contributed by atoms with E-state index in [2.05, 4.69) is 60.0 Å². The highest BCUT2D eigenvalue weighted by atomic mass is 35.5. The highest BCUT2D eigenvalue weighted by Gasteiger charge is 2.17. The van der Waals surface area contributed by atoms with Gasteiger partial charge in [-0.1, -0.05) is 49.4 Å². The van der Waals surface area contributed by atoms with Crippen molar-refractivity contribution in [1.29, 1.82) is 0 Å². The molecule has 3 nitrogen and oxygen atoms in total. The quantitative estimate of drug-likeness (QED) is 0.602. The second kappa shape index (κ2) is 9.59. The van der Waals surface area contributed by atoms with E-state index < -0.39 is 0 Å². The van der Waals surface area contributed by atoms with Crippen molar-refractivity contribution < 1.29 is 4.79 Å². The Kier molecular flexibility index (Phi) is 7.48. The summed E-state index contributed by atoms with van der Waals surface area (Å²) in [5.74, 6) is 0.152. The first-order valence-corrected chi connectivity index (χ1v) is 8.95. The van der Waals surface area contributed by atoms with E-state index in [0.717, 1.165) is 32.4 Å². The maximum absolute atomic E-state index is 11.8. The third-order valence-corrected chi connectivity index (χ3v) is 4.61. The molecular weight excluding hydrogens is 332 g/mol. The molecule has 3 rings (SSSR count). The lowest BCUT2D eigenvalue weighted by Crippen LogP contribution is -2.31. The molecule has 0 aromatic heterocycles. The van der Waals surface area contributed by atoms with Crippen LogP contribution in [0.4, 0.5) is 0 Å². The number of amides is 1. The second-order valence-electron chi connectivity index (χ2n) is 6.38. The van der Waals surface area contributed by atoms with E-state index in [1.807, 2.05) is 0 Å². The topological polar surface area (TPSA) is 41.1 Å². The molecule has 0 atom stereocenters. The maximum atomic E-state index is 11.8. The minimum Gasteiger partial charge on any atom is -0.355 e. The molecule has 0 radical (unpaired) electrons. The van der Waals surface area contributed by atoms with Crippen molar-refractivity contribution in [3.8, 4) is 11.1 Å². The Balaban J connectivity index is 0.00000225. The van der Waals surface area contributed by atoms with Crippen LogP contribution in [0.15, 0.2) is 42.5 Å². The van der Waals surface area contributed by atoms with Crippen LogP contribution in [-0.2, 0) is 17.6 Å². The zero-order valence-corrected chi connectivity index (χ0v) is 15.6. The van der Waals surface area contributed by atoms with E-state index in [1.165, 1.54) is 27.8 Å². The number of likely N-dealkylation sites (N-methyl/N-ethyl adjacent to an activating group) is 1. The Hall–Kier alpha value is -1.84. The summed E-state index contributed by atoms with van der Waals surface area (Å²) in [5, 5.41) is 6.16. The fraction of sp³-hybridized carbons (Fsp3) is 0.381. The van der Waals surface area contributed by atoms with Gasteiger partial charge in [0.2, 0.25) is 5.91 Å². The molecule has 0 saturated carbocycles. The zero-order chi connectivity index (χ0) is 16.8. The molecule has 134 valence electrons. The maximum Gasteiger partial charge on any atom is 0.220 e. The molecule has 0 unspecified atom stereocenters. The number of nitrogens with one attached hydrogen (secondary N) is 2. The van der Waals surface area contributed by atoms with Gasteiger partial charge in [-0.05, 0) is 53.6 Å². The standard InChI is InChI=1S/C21H26N2O.ClH/c1-2-22-12-13-23-21(24)9-5-6-16-10-11-18-15-17-7-3-4-8-19(17)20(18)14-16;/h3-4,7-8,10-11,14,22H,2,5-6,9,12-13,15H2,1H3,(H,23,24);1H. The Labute approximate surface area is 156 Å². The average molecular weight is 359 g/mol. The Bertz CT molecular complexity index is 715. The molecular formula is C21H27ClN2O. The fourth-order valence-electron chi connectivity index (χ4n) is 3.33. The summed E-state index contributed by atoms with van der Waals surface area (Å²) >= 11 is 0. The van der Waals surface area contributed by atoms with E-state index in [9.17, 15) is 4.79 Å². The first kappa shape index (κ1) is 19.5. The van der Waals surface area contributed by atoms with Crippen molar-refractivity contribution in [3.63, 3.8) is 0 Å². The third-order valence-electron chi connectivity index (χ3n) is 4.61. The Morgan fingerprint density at radius 1 is 1.04 bits per heavy atom. The van der Waals surface area contributed by atoms with Gasteiger partial charge in [-0.15, -0.1) is 12.4 Å². The van der Waals surface area contributed by atoms with Crippen molar-refractivity contribution >= 4 is 18.3 Å². The molecule has 4 heteroatoms. The van der Waals surface area contributed by atoms with Gasteiger partial charge in [-0.3, -0.25) is 4.79 Å². The molecule has 2 aromatic rings. The van der Waals surface area contributed by atoms with E-state index in [1.54, 1.807) is 0 Å². The van der Waals surface area contributed by atoms with Crippen molar-refractivity contribution in [1.82, 2.24) is 10.6 Å². The van der Waals surface area contributed by atoms with Gasteiger partial charge in [0.05, 0.1) is 0 Å². The summed E-state index contributed by atoms with van der Waals surface area (Å²) < 4.78 is 0. The van der Waals surface area contributed by atoms with E-state index in [-0.39, 0.29) is 18.3 Å². The van der Waals surface area contributed by atoms with Crippen molar-refractivity contribution in [3.05, 3.63) is 59.2 Å². The number of fused-ring (bicyclic) bond motifs is 3. The molecule has 2 N–H and O–H groups in total. The number of rotatable bonds is 8. The summed E-state index contributed by atoms with van der Waals surface area (Å²) in [6.07, 6.45) is 3.49. The van der Waals surface area contributed by atoms with Gasteiger partial charge in [0.15, 0.2) is 0 Å². The molecule has 1 amide bonds. The lowest BCUT2D eigenvalue weighted by atomic mass is 10.00. The molecule has 2 aromatic carbocycles. The largest absolute Gasteiger partial charge is 0.355 e. The monoisotopic (exact) mass is 358 g/mol. The second-order valence-corrected chi connectivity index (χ2v) is 6.38. The third kappa shape index (κ3) is 5.07. The Morgan fingerprint density at radius 2 is 1.84 bits per heavy atom. The number of hydrogen-bond donors (Lipinski definition) is 2. The first-order valence-electron chi connectivity index (χ1n) is 8.95. The summed E-state index contributed by atoms with van der Waals surface area (Å²) in [7, 11) is 0. The first-order chi connectivity index (χ1) is 11.8. The molecule has 25 heavy (non-hydrogen) atoms. The molecule has 0 heterocycles. The lowest BCUT2D eigenvalue weighted by molar-refractivity contribution is -0.121. The average Bonchev–Trinajstić information content (AvgIpc) is 2.97. The van der Waals surface area contributed by atoms with Gasteiger partial charge in [-0.2, -0.15) is 0 Å². The summed E-state index contributed by atoms with van der Waals surface area (Å²) in [6, 6.07) is 15.4. The Morgan fingerprint density at radius 3 is 2.68 bits per heavy atom. The van der Waals surface area contributed by atoms with Crippen LogP contribution in [0.3, 0.4) is 0 Å². The predicted octanol–water partition coefficient (Wildman–Crippen LogP) is 3.73. The molecule has 1 aliphatic carbocycles. The zero-order valence-electron chi connectivity index (χ0n) is 14.8. The van der Waals surface area contributed by atoms with Gasteiger partial charge in [0.1, 0.15) is 0 Å². The number of aryl methyl sites for hydroxylation is 1. The predicted molar refractivity (Wildman–Crippen MR) is 106 cm³/mol. The highest BCUT2D eigenvalue weighted by Crippen LogP contribution is 2.36. The van der Waals surface area contributed by atoms with Gasteiger partial charge < -0.3 is 10.6 Å². The number of hydrogen-bond acceptors (Lipinski definition) is 2. The van der Waals surface area contributed by atoms with E-state index >= 15 is 0 Å². The number of benzene rings is 2. The van der Waals surface area contributed by atoms with Crippen LogP contribution in [0, 0.1) is 0 Å². The molecule has 0 aliphatic heterocycles. The van der Waals surface area contributed by atoms with E-state index in [0.29, 0.717) is 13.0 Å². The summed E-state index contributed by atoms with van der Waals surface area (Å²) in [4.78, 5) is 11.8. The van der Waals surface area contributed by atoms with Crippen LogP contribution < -0.4 is 10.6 Å². The minimum absolute atomic E-state index is 0. The van der Waals surface area contributed by atoms with Crippen LogP contribution in [0.25, 0.3) is 11.1 Å². The van der Waals surface area contributed by atoms with Crippen molar-refractivity contribution in [2.24, 2.45) is 0 Å². The summed E-state index contributed by atoms with van der Waals surface area (Å²) in [6.45, 7) is 4.56. The minimum atomic E-state index is 0. The number of carbonyl (C=O) groups excluding carboxylic acids is 1. The van der Waals surface area contributed by atoms with Crippen molar-refractivity contribution in [2.45, 2.75) is 32.6 Å². The van der Waals surface area contributed by atoms with Crippen molar-refractivity contribution in [2.75, 3.05) is 19.6 Å². The summed E-state index contributed by atoms with van der Waals surface area (Å²) in [5.41, 5.74) is 6.91. The molecule has 0 fully saturated rings. The number of halogens is 1. The van der Waals surface area contributed by atoms with Gasteiger partial charge in [-0.25, -0.2) is 0 Å². The van der Waals surface area contributed by atoms with Crippen LogP contribution in [0.1, 0.15) is 36.5 Å². The van der Waals surface area contributed by atoms with Gasteiger partial charge in [0, 0.05) is 19.5 Å². The SMILES string of the molecule is CCNCCNC(=O)CCCc1ccc2c(c1)-c1ccccc1C2.Cl. The highest BCUT2D eigenvalue weighted by molar-refractivity contribution is 5.85. The normalized spacial score (nSPS) is 11.4. The van der Waals surface area contributed by atoms with Gasteiger partial charge in [0.25, 0.3) is 0 Å². The van der Waals surface area contributed by atoms with Gasteiger partial charge >= 0.3 is 0 Å². The molecule has 0 bridgehead atoms. The van der Waals surface area contributed by atoms with Crippen LogP contribution in [0.5, 0.6) is 0 Å². The van der Waals surface area contributed by atoms with Crippen LogP contribution in [-0.4, -0.2) is 25.5 Å². The fourth-order valence-corrected chi connectivity index (χ4v) is 3.33. The molecule has 1 aliphatic rings.